The van der Waals surface area contributed by atoms with Crippen molar-refractivity contribution < 1.29 is 5.11 Å². The zero-order valence-electron chi connectivity index (χ0n) is 16.9. The molecule has 0 aromatic heterocycles. The second kappa shape index (κ2) is 6.68. The van der Waals surface area contributed by atoms with Crippen LogP contribution in [-0.2, 0) is 0 Å². The Labute approximate surface area is 154 Å². The molecular weight excluding hydrogens is 306 g/mol. The van der Waals surface area contributed by atoms with E-state index in [0.29, 0.717) is 5.41 Å². The largest absolute Gasteiger partial charge is 0.393 e. The van der Waals surface area contributed by atoms with E-state index in [9.17, 15) is 5.11 Å². The summed E-state index contributed by atoms with van der Waals surface area (Å²) in [6, 6.07) is 0. The molecule has 25 heavy (non-hydrogen) atoms. The van der Waals surface area contributed by atoms with Crippen molar-refractivity contribution >= 4 is 5.71 Å². The first kappa shape index (κ1) is 18.9. The lowest BCUT2D eigenvalue weighted by molar-refractivity contribution is -0.0279. The van der Waals surface area contributed by atoms with Gasteiger partial charge >= 0.3 is 0 Å². The summed E-state index contributed by atoms with van der Waals surface area (Å²) in [7, 11) is 0. The second-order valence-electron chi connectivity index (χ2n) is 9.09. The van der Waals surface area contributed by atoms with Gasteiger partial charge in [0.2, 0.25) is 0 Å². The van der Waals surface area contributed by atoms with Gasteiger partial charge in [0, 0.05) is 5.71 Å². The van der Waals surface area contributed by atoms with Crippen molar-refractivity contribution in [2.75, 3.05) is 0 Å². The van der Waals surface area contributed by atoms with E-state index in [0.717, 1.165) is 42.7 Å². The summed E-state index contributed by atoms with van der Waals surface area (Å²) in [5.74, 6) is 2.27. The van der Waals surface area contributed by atoms with Crippen LogP contribution in [-0.4, -0.2) is 16.9 Å². The fourth-order valence-electron chi connectivity index (χ4n) is 6.79. The Morgan fingerprint density at radius 2 is 1.72 bits per heavy atom. The van der Waals surface area contributed by atoms with Crippen molar-refractivity contribution in [2.24, 2.45) is 28.6 Å². The van der Waals surface area contributed by atoms with Crippen LogP contribution in [0.1, 0.15) is 79.6 Å². The number of rotatable bonds is 1. The molecule has 140 valence electrons. The Kier molecular flexibility index (Phi) is 5.05. The molecule has 2 saturated carbocycles. The Bertz CT molecular complexity index is 603. The van der Waals surface area contributed by atoms with Gasteiger partial charge in [0.1, 0.15) is 0 Å². The normalized spacial score (nSPS) is 45.0. The highest BCUT2D eigenvalue weighted by Crippen LogP contribution is 2.64. The number of aliphatic hydroxyl groups excluding tert-OH is 1. The molecule has 0 spiro atoms. The molecule has 0 heterocycles. The van der Waals surface area contributed by atoms with Gasteiger partial charge in [-0.25, -0.2) is 0 Å². The summed E-state index contributed by atoms with van der Waals surface area (Å²) >= 11 is 0. The van der Waals surface area contributed by atoms with E-state index in [2.05, 4.69) is 26.0 Å². The third-order valence-electron chi connectivity index (χ3n) is 8.06. The molecule has 0 aromatic carbocycles. The molecule has 0 bridgehead atoms. The number of nitrogens with one attached hydrogen (secondary N) is 1. The van der Waals surface area contributed by atoms with Crippen LogP contribution < -0.4 is 0 Å². The zero-order chi connectivity index (χ0) is 18.4. The molecule has 0 aliphatic heterocycles. The third-order valence-corrected chi connectivity index (χ3v) is 8.06. The standard InChI is InChI=1S/C21H31NO.C2H6/c1-13(22)17-6-7-18-16-5-4-14-12-15(23)8-10-20(14,2)19(16)9-11-21(17,18)3;1-2/h4,6,15-16,18-19,22-23H,5,7-12H2,1-3H3;1-2H3. The number of hydrogen-bond donors (Lipinski definition) is 2. The van der Waals surface area contributed by atoms with E-state index < -0.39 is 0 Å². The molecule has 6 atom stereocenters. The summed E-state index contributed by atoms with van der Waals surface area (Å²) in [6.07, 6.45) is 12.7. The molecule has 4 rings (SSSR count). The first-order valence-electron chi connectivity index (χ1n) is 10.5. The average Bonchev–Trinajstić information content (AvgIpc) is 2.95. The molecule has 2 fully saturated rings. The smallest absolute Gasteiger partial charge is 0.0577 e. The number of fused-ring (bicyclic) bond motifs is 5. The molecular formula is C23H37NO. The van der Waals surface area contributed by atoms with Crippen LogP contribution in [0.25, 0.3) is 0 Å². The molecule has 0 amide bonds. The third kappa shape index (κ3) is 2.76. The predicted octanol–water partition coefficient (Wildman–Crippen LogP) is 5.91. The maximum absolute atomic E-state index is 10.1. The first-order valence-corrected chi connectivity index (χ1v) is 10.5. The van der Waals surface area contributed by atoms with Crippen molar-refractivity contribution in [2.45, 2.75) is 85.7 Å². The lowest BCUT2D eigenvalue weighted by Crippen LogP contribution is -2.50. The monoisotopic (exact) mass is 343 g/mol. The van der Waals surface area contributed by atoms with Gasteiger partial charge in [-0.3, -0.25) is 0 Å². The fourth-order valence-corrected chi connectivity index (χ4v) is 6.79. The van der Waals surface area contributed by atoms with Crippen LogP contribution in [0.2, 0.25) is 0 Å². The lowest BCUT2D eigenvalue weighted by Gasteiger charge is -2.57. The molecule has 2 N–H and O–H groups in total. The van der Waals surface area contributed by atoms with Gasteiger partial charge in [-0.15, -0.1) is 0 Å². The SMILES string of the molecule is CC.CC(=N)C1=CCC2C3CC=C4CC(O)CCC4(C)C3CCC12C. The van der Waals surface area contributed by atoms with Crippen LogP contribution in [0, 0.1) is 34.0 Å². The van der Waals surface area contributed by atoms with E-state index in [-0.39, 0.29) is 11.5 Å². The van der Waals surface area contributed by atoms with Gasteiger partial charge in [-0.2, -0.15) is 0 Å². The molecule has 0 radical (unpaired) electrons. The quantitative estimate of drug-likeness (QED) is 0.451. The average molecular weight is 344 g/mol. The number of hydrogen-bond acceptors (Lipinski definition) is 2. The summed E-state index contributed by atoms with van der Waals surface area (Å²) in [6.45, 7) is 10.9. The predicted molar refractivity (Wildman–Crippen MR) is 106 cm³/mol. The summed E-state index contributed by atoms with van der Waals surface area (Å²) in [5.41, 5.74) is 4.23. The maximum atomic E-state index is 10.1. The van der Waals surface area contributed by atoms with Crippen LogP contribution in [0.5, 0.6) is 0 Å². The molecule has 2 nitrogen and oxygen atoms in total. The Morgan fingerprint density at radius 1 is 1.04 bits per heavy atom. The Morgan fingerprint density at radius 3 is 2.40 bits per heavy atom. The van der Waals surface area contributed by atoms with Crippen LogP contribution in [0.15, 0.2) is 23.3 Å². The van der Waals surface area contributed by atoms with Gasteiger partial charge in [0.05, 0.1) is 6.10 Å². The molecule has 6 unspecified atom stereocenters. The highest BCUT2D eigenvalue weighted by atomic mass is 16.3. The van der Waals surface area contributed by atoms with E-state index in [4.69, 9.17) is 5.41 Å². The summed E-state index contributed by atoms with van der Waals surface area (Å²) < 4.78 is 0. The minimum atomic E-state index is -0.111. The molecule has 0 aromatic rings. The van der Waals surface area contributed by atoms with Crippen molar-refractivity contribution in [3.63, 3.8) is 0 Å². The second-order valence-corrected chi connectivity index (χ2v) is 9.09. The van der Waals surface area contributed by atoms with E-state index in [1.165, 1.54) is 31.3 Å². The van der Waals surface area contributed by atoms with Crippen molar-refractivity contribution in [3.05, 3.63) is 23.3 Å². The first-order chi connectivity index (χ1) is 11.9. The number of aliphatic hydroxyl groups is 1. The summed E-state index contributed by atoms with van der Waals surface area (Å²) in [4.78, 5) is 0. The van der Waals surface area contributed by atoms with Crippen LogP contribution >= 0.6 is 0 Å². The minimum absolute atomic E-state index is 0.111. The zero-order valence-corrected chi connectivity index (χ0v) is 16.9. The highest BCUT2D eigenvalue weighted by Gasteiger charge is 2.56. The van der Waals surface area contributed by atoms with Crippen molar-refractivity contribution in [1.29, 1.82) is 5.41 Å². The van der Waals surface area contributed by atoms with Crippen LogP contribution in [0.3, 0.4) is 0 Å². The molecule has 0 saturated heterocycles. The van der Waals surface area contributed by atoms with Gasteiger partial charge in [0.15, 0.2) is 0 Å². The lowest BCUT2D eigenvalue weighted by atomic mass is 9.47. The van der Waals surface area contributed by atoms with Gasteiger partial charge in [-0.1, -0.05) is 45.4 Å². The van der Waals surface area contributed by atoms with Crippen LogP contribution in [0.4, 0.5) is 0 Å². The minimum Gasteiger partial charge on any atom is -0.393 e. The van der Waals surface area contributed by atoms with Gasteiger partial charge in [0.25, 0.3) is 0 Å². The molecule has 2 heteroatoms. The topological polar surface area (TPSA) is 44.1 Å². The molecule has 4 aliphatic rings. The van der Waals surface area contributed by atoms with Gasteiger partial charge in [-0.05, 0) is 86.0 Å². The summed E-state index contributed by atoms with van der Waals surface area (Å²) in [5, 5.41) is 18.2. The highest BCUT2D eigenvalue weighted by molar-refractivity contribution is 5.97. The van der Waals surface area contributed by atoms with E-state index in [1.807, 2.05) is 20.8 Å². The van der Waals surface area contributed by atoms with Gasteiger partial charge < -0.3 is 10.5 Å². The molecule has 4 aliphatic carbocycles. The van der Waals surface area contributed by atoms with E-state index >= 15 is 0 Å². The Hall–Kier alpha value is -0.890. The fraction of sp³-hybridized carbons (Fsp3) is 0.783. The number of allylic oxidation sites excluding steroid dienone is 3. The maximum Gasteiger partial charge on any atom is 0.0577 e. The van der Waals surface area contributed by atoms with Crippen molar-refractivity contribution in [3.8, 4) is 0 Å². The van der Waals surface area contributed by atoms with E-state index in [1.54, 1.807) is 5.57 Å². The Balaban J connectivity index is 0.000000880. The van der Waals surface area contributed by atoms with Crippen molar-refractivity contribution in [1.82, 2.24) is 0 Å².